The van der Waals surface area contributed by atoms with E-state index in [0.717, 1.165) is 50.0 Å². The van der Waals surface area contributed by atoms with E-state index in [1.54, 1.807) is 4.68 Å². The molecule has 2 aliphatic heterocycles. The summed E-state index contributed by atoms with van der Waals surface area (Å²) in [5, 5.41) is 4.80. The van der Waals surface area contributed by atoms with Gasteiger partial charge >= 0.3 is 0 Å². The number of amides is 2. The van der Waals surface area contributed by atoms with E-state index in [4.69, 9.17) is 5.10 Å². The molecule has 6 heteroatoms. The molecule has 0 radical (unpaired) electrons. The maximum Gasteiger partial charge on any atom is 0.257 e. The number of nitrogens with zero attached hydrogens (tertiary/aromatic N) is 4. The molecular formula is C29H34N4O2. The third kappa shape index (κ3) is 5.02. The average molecular weight is 471 g/mol. The SMILES string of the molecule is CC(C(=O)N1CCCCC1)C1CCN(C(=O)c2cn(-c3ccccc3)nc2-c2ccccc2)CC1. The summed E-state index contributed by atoms with van der Waals surface area (Å²) in [4.78, 5) is 30.7. The Balaban J connectivity index is 1.31. The first-order valence-electron chi connectivity index (χ1n) is 12.9. The van der Waals surface area contributed by atoms with Crippen LogP contribution in [0.25, 0.3) is 16.9 Å². The molecule has 2 fully saturated rings. The zero-order valence-corrected chi connectivity index (χ0v) is 20.5. The number of aromatic nitrogens is 2. The number of para-hydroxylation sites is 1. The molecule has 3 heterocycles. The smallest absolute Gasteiger partial charge is 0.257 e. The quantitative estimate of drug-likeness (QED) is 0.525. The summed E-state index contributed by atoms with van der Waals surface area (Å²) in [6.45, 7) is 5.22. The fourth-order valence-corrected chi connectivity index (χ4v) is 5.43. The van der Waals surface area contributed by atoms with Crippen molar-refractivity contribution in [1.29, 1.82) is 0 Å². The second kappa shape index (κ2) is 10.5. The number of likely N-dealkylation sites (tertiary alicyclic amines) is 2. The molecule has 182 valence electrons. The lowest BCUT2D eigenvalue weighted by Crippen LogP contribution is -2.45. The van der Waals surface area contributed by atoms with Gasteiger partial charge in [0.25, 0.3) is 5.91 Å². The van der Waals surface area contributed by atoms with E-state index < -0.39 is 0 Å². The van der Waals surface area contributed by atoms with E-state index in [2.05, 4.69) is 11.8 Å². The molecule has 1 aromatic heterocycles. The molecule has 1 unspecified atom stereocenters. The van der Waals surface area contributed by atoms with Gasteiger partial charge in [0.1, 0.15) is 5.69 Å². The highest BCUT2D eigenvalue weighted by atomic mass is 16.2. The maximum absolute atomic E-state index is 13.7. The Morgan fingerprint density at radius 3 is 2.11 bits per heavy atom. The van der Waals surface area contributed by atoms with Gasteiger partial charge in [0.2, 0.25) is 5.91 Å². The van der Waals surface area contributed by atoms with Crippen LogP contribution in [0.2, 0.25) is 0 Å². The van der Waals surface area contributed by atoms with E-state index in [1.165, 1.54) is 6.42 Å². The van der Waals surface area contributed by atoms with Crippen molar-refractivity contribution >= 4 is 11.8 Å². The molecule has 0 N–H and O–H groups in total. The van der Waals surface area contributed by atoms with Gasteiger partial charge in [-0.25, -0.2) is 4.68 Å². The van der Waals surface area contributed by atoms with Crippen molar-refractivity contribution in [3.8, 4) is 16.9 Å². The third-order valence-corrected chi connectivity index (χ3v) is 7.60. The number of hydrogen-bond donors (Lipinski definition) is 0. The van der Waals surface area contributed by atoms with Crippen LogP contribution in [-0.2, 0) is 4.79 Å². The zero-order chi connectivity index (χ0) is 24.2. The van der Waals surface area contributed by atoms with Gasteiger partial charge in [-0.3, -0.25) is 9.59 Å². The van der Waals surface area contributed by atoms with Gasteiger partial charge in [-0.2, -0.15) is 5.10 Å². The highest BCUT2D eigenvalue weighted by Gasteiger charge is 2.33. The molecule has 35 heavy (non-hydrogen) atoms. The lowest BCUT2D eigenvalue weighted by atomic mass is 9.84. The fourth-order valence-electron chi connectivity index (χ4n) is 5.43. The van der Waals surface area contributed by atoms with Crippen molar-refractivity contribution in [2.45, 2.75) is 39.0 Å². The Kier molecular flexibility index (Phi) is 6.98. The van der Waals surface area contributed by atoms with E-state index >= 15 is 0 Å². The molecule has 2 amide bonds. The highest BCUT2D eigenvalue weighted by Crippen LogP contribution is 2.30. The van der Waals surface area contributed by atoms with Gasteiger partial charge < -0.3 is 9.80 Å². The van der Waals surface area contributed by atoms with Gasteiger partial charge in [-0.05, 0) is 50.2 Å². The van der Waals surface area contributed by atoms with Crippen LogP contribution in [-0.4, -0.2) is 57.6 Å². The summed E-state index contributed by atoms with van der Waals surface area (Å²) in [7, 11) is 0. The lowest BCUT2D eigenvalue weighted by molar-refractivity contribution is -0.138. The Hall–Kier alpha value is -3.41. The zero-order valence-electron chi connectivity index (χ0n) is 20.5. The first-order valence-corrected chi connectivity index (χ1v) is 12.9. The van der Waals surface area contributed by atoms with E-state index in [-0.39, 0.29) is 11.8 Å². The van der Waals surface area contributed by atoms with Crippen LogP contribution in [0.1, 0.15) is 49.4 Å². The number of piperidine rings is 2. The molecule has 0 bridgehead atoms. The monoisotopic (exact) mass is 470 g/mol. The van der Waals surface area contributed by atoms with Gasteiger partial charge in [0.05, 0.1) is 11.3 Å². The van der Waals surface area contributed by atoms with Crippen molar-refractivity contribution < 1.29 is 9.59 Å². The summed E-state index contributed by atoms with van der Waals surface area (Å²) >= 11 is 0. The average Bonchev–Trinajstić information content (AvgIpc) is 3.39. The standard InChI is InChI=1S/C29H34N4O2/c1-22(28(34)31-17-9-4-10-18-31)23-15-19-32(20-16-23)29(35)26-21-33(25-13-7-3-8-14-25)30-27(26)24-11-5-2-6-12-24/h2-3,5-8,11-14,21-23H,4,9-10,15-20H2,1H3. The molecule has 0 saturated carbocycles. The van der Waals surface area contributed by atoms with Crippen molar-refractivity contribution in [2.75, 3.05) is 26.2 Å². The Morgan fingerprint density at radius 2 is 1.46 bits per heavy atom. The van der Waals surface area contributed by atoms with Gasteiger partial charge in [0.15, 0.2) is 0 Å². The Bertz CT molecular complexity index is 1140. The van der Waals surface area contributed by atoms with Crippen molar-refractivity contribution in [3.05, 3.63) is 72.4 Å². The molecular weight excluding hydrogens is 436 g/mol. The molecule has 5 rings (SSSR count). The molecule has 0 spiro atoms. The van der Waals surface area contributed by atoms with E-state index in [0.29, 0.717) is 36.2 Å². The summed E-state index contributed by atoms with van der Waals surface area (Å²) in [5.74, 6) is 0.657. The first kappa shape index (κ1) is 23.3. The largest absolute Gasteiger partial charge is 0.342 e. The number of carbonyl (C=O) groups excluding carboxylic acids is 2. The van der Waals surface area contributed by atoms with Crippen LogP contribution in [0.5, 0.6) is 0 Å². The van der Waals surface area contributed by atoms with Crippen molar-refractivity contribution in [1.82, 2.24) is 19.6 Å². The third-order valence-electron chi connectivity index (χ3n) is 7.60. The molecule has 1 atom stereocenters. The molecule has 2 saturated heterocycles. The van der Waals surface area contributed by atoms with Crippen molar-refractivity contribution in [3.63, 3.8) is 0 Å². The second-order valence-electron chi connectivity index (χ2n) is 9.84. The summed E-state index contributed by atoms with van der Waals surface area (Å²) in [5.41, 5.74) is 3.18. The van der Waals surface area contributed by atoms with Crippen LogP contribution >= 0.6 is 0 Å². The van der Waals surface area contributed by atoms with Crippen LogP contribution < -0.4 is 0 Å². The predicted octanol–water partition coefficient (Wildman–Crippen LogP) is 5.04. The second-order valence-corrected chi connectivity index (χ2v) is 9.84. The highest BCUT2D eigenvalue weighted by molar-refractivity contribution is 6.00. The van der Waals surface area contributed by atoms with Gasteiger partial charge in [0, 0.05) is 43.9 Å². The molecule has 2 aromatic carbocycles. The number of benzene rings is 2. The molecule has 3 aromatic rings. The number of hydrogen-bond acceptors (Lipinski definition) is 3. The van der Waals surface area contributed by atoms with Crippen LogP contribution in [0.4, 0.5) is 0 Å². The van der Waals surface area contributed by atoms with Crippen molar-refractivity contribution in [2.24, 2.45) is 11.8 Å². The summed E-state index contributed by atoms with van der Waals surface area (Å²) < 4.78 is 1.79. The molecule has 2 aliphatic rings. The number of carbonyl (C=O) groups is 2. The minimum absolute atomic E-state index is 0.0134. The molecule has 6 nitrogen and oxygen atoms in total. The Labute approximate surface area is 207 Å². The Morgan fingerprint density at radius 1 is 0.829 bits per heavy atom. The van der Waals surface area contributed by atoms with Crippen LogP contribution in [0, 0.1) is 11.8 Å². The predicted molar refractivity (Wildman–Crippen MR) is 137 cm³/mol. The van der Waals surface area contributed by atoms with Gasteiger partial charge in [-0.1, -0.05) is 55.5 Å². The topological polar surface area (TPSA) is 58.4 Å². The fraction of sp³-hybridized carbons (Fsp3) is 0.414. The molecule has 0 aliphatic carbocycles. The van der Waals surface area contributed by atoms with Crippen LogP contribution in [0.15, 0.2) is 66.9 Å². The van der Waals surface area contributed by atoms with Crippen LogP contribution in [0.3, 0.4) is 0 Å². The van der Waals surface area contributed by atoms with E-state index in [9.17, 15) is 9.59 Å². The summed E-state index contributed by atoms with van der Waals surface area (Å²) in [6, 6.07) is 19.8. The lowest BCUT2D eigenvalue weighted by Gasteiger charge is -2.37. The number of rotatable bonds is 5. The minimum atomic E-state index is 0.0134. The minimum Gasteiger partial charge on any atom is -0.342 e. The maximum atomic E-state index is 13.7. The van der Waals surface area contributed by atoms with Gasteiger partial charge in [-0.15, -0.1) is 0 Å². The van der Waals surface area contributed by atoms with E-state index in [1.807, 2.05) is 71.8 Å². The summed E-state index contributed by atoms with van der Waals surface area (Å²) in [6.07, 6.45) is 7.04. The first-order chi connectivity index (χ1) is 17.1. The normalized spacial score (nSPS) is 17.9.